The van der Waals surface area contributed by atoms with Crippen molar-refractivity contribution in [3.8, 4) is 0 Å². The van der Waals surface area contributed by atoms with E-state index in [2.05, 4.69) is 68.0 Å². The van der Waals surface area contributed by atoms with Gasteiger partial charge in [0, 0.05) is 50.0 Å². The Kier molecular flexibility index (Phi) is 6.35. The lowest BCUT2D eigenvalue weighted by Crippen LogP contribution is -2.50. The molecule has 2 fully saturated rings. The van der Waals surface area contributed by atoms with E-state index in [0.717, 1.165) is 25.8 Å². The number of likely N-dealkylation sites (tertiary alicyclic amines) is 1. The molecule has 0 spiro atoms. The van der Waals surface area contributed by atoms with E-state index in [1.165, 1.54) is 54.6 Å². The van der Waals surface area contributed by atoms with E-state index in [9.17, 15) is 8.42 Å². The van der Waals surface area contributed by atoms with Gasteiger partial charge in [0.15, 0.2) is 5.03 Å². The number of sulfonamides is 1. The Hall–Kier alpha value is -2.68. The number of nitrogens with one attached hydrogen (secondary N) is 1. The van der Waals surface area contributed by atoms with E-state index in [-0.39, 0.29) is 11.1 Å². The smallest absolute Gasteiger partial charge is 0.259 e. The third kappa shape index (κ3) is 4.69. The van der Waals surface area contributed by atoms with Gasteiger partial charge in [0.1, 0.15) is 0 Å². The van der Waals surface area contributed by atoms with Gasteiger partial charge in [-0.1, -0.05) is 36.4 Å². The number of hydrogen-bond donors (Lipinski definition) is 1. The van der Waals surface area contributed by atoms with Crippen molar-refractivity contribution in [1.29, 1.82) is 0 Å². The first kappa shape index (κ1) is 23.7. The molecule has 7 nitrogen and oxygen atoms in total. The first-order valence-electron chi connectivity index (χ1n) is 13.1. The molecule has 0 saturated carbocycles. The van der Waals surface area contributed by atoms with Crippen LogP contribution < -0.4 is 9.62 Å². The summed E-state index contributed by atoms with van der Waals surface area (Å²) in [5.74, 6) is 0.484. The molecule has 0 bridgehead atoms. The maximum Gasteiger partial charge on any atom is 0.259 e. The molecule has 1 N–H and O–H groups in total. The Balaban J connectivity index is 1.22. The van der Waals surface area contributed by atoms with Crippen LogP contribution in [0.5, 0.6) is 0 Å². The maximum absolute atomic E-state index is 12.8. The first-order valence-corrected chi connectivity index (χ1v) is 14.6. The summed E-state index contributed by atoms with van der Waals surface area (Å²) in [6, 6.07) is 18.3. The number of rotatable bonds is 7. The van der Waals surface area contributed by atoms with Crippen LogP contribution in [0.4, 0.5) is 5.69 Å². The molecule has 1 aromatic heterocycles. The second kappa shape index (κ2) is 9.65. The van der Waals surface area contributed by atoms with E-state index < -0.39 is 10.0 Å². The van der Waals surface area contributed by atoms with Crippen molar-refractivity contribution in [3.63, 3.8) is 0 Å². The molecule has 2 saturated heterocycles. The van der Waals surface area contributed by atoms with Crippen LogP contribution in [-0.4, -0.2) is 61.1 Å². The molecule has 1 aliphatic carbocycles. The van der Waals surface area contributed by atoms with Crippen LogP contribution in [0.3, 0.4) is 0 Å². The molecule has 190 valence electrons. The van der Waals surface area contributed by atoms with E-state index in [1.807, 2.05) is 0 Å². The number of imidazole rings is 1. The van der Waals surface area contributed by atoms with Crippen molar-refractivity contribution >= 4 is 15.7 Å². The molecule has 8 heteroatoms. The van der Waals surface area contributed by atoms with Gasteiger partial charge < -0.3 is 9.47 Å². The number of aryl methyl sites for hydroxylation is 2. The minimum Gasteiger partial charge on any atom is -0.370 e. The van der Waals surface area contributed by atoms with Gasteiger partial charge in [0.2, 0.25) is 0 Å². The van der Waals surface area contributed by atoms with Gasteiger partial charge in [-0.25, -0.2) is 18.1 Å². The lowest BCUT2D eigenvalue weighted by atomic mass is 9.74. The van der Waals surface area contributed by atoms with Crippen molar-refractivity contribution in [2.24, 2.45) is 7.05 Å². The van der Waals surface area contributed by atoms with Crippen LogP contribution in [0.1, 0.15) is 41.9 Å². The Morgan fingerprint density at radius 2 is 1.89 bits per heavy atom. The van der Waals surface area contributed by atoms with Crippen LogP contribution >= 0.6 is 0 Å². The third-order valence-corrected chi connectivity index (χ3v) is 9.60. The third-order valence-electron chi connectivity index (χ3n) is 8.19. The number of aromatic nitrogens is 2. The molecule has 3 aromatic rings. The molecule has 0 amide bonds. The molecule has 2 aliphatic heterocycles. The van der Waals surface area contributed by atoms with Gasteiger partial charge in [0.25, 0.3) is 10.0 Å². The summed E-state index contributed by atoms with van der Waals surface area (Å²) in [6.07, 6.45) is 8.57. The number of benzene rings is 2. The quantitative estimate of drug-likeness (QED) is 0.534. The highest BCUT2D eigenvalue weighted by atomic mass is 32.2. The van der Waals surface area contributed by atoms with E-state index >= 15 is 0 Å². The monoisotopic (exact) mass is 505 g/mol. The van der Waals surface area contributed by atoms with Crippen molar-refractivity contribution < 1.29 is 8.42 Å². The topological polar surface area (TPSA) is 70.5 Å². The SMILES string of the molecule is Cn1cnc(S(=O)(=O)NC2CCN(c3ccc4c(c3)[C@H](Cc3ccccc3)[C@@H](N3CCC3)CC4)C2)c1. The van der Waals surface area contributed by atoms with Crippen molar-refractivity contribution in [1.82, 2.24) is 19.2 Å². The number of hydrogen-bond acceptors (Lipinski definition) is 5. The Bertz CT molecular complexity index is 1320. The highest BCUT2D eigenvalue weighted by molar-refractivity contribution is 7.89. The number of anilines is 1. The zero-order valence-corrected chi connectivity index (χ0v) is 21.7. The van der Waals surface area contributed by atoms with Gasteiger partial charge >= 0.3 is 0 Å². The van der Waals surface area contributed by atoms with Crippen LogP contribution in [-0.2, 0) is 29.9 Å². The summed E-state index contributed by atoms with van der Waals surface area (Å²) in [7, 11) is -1.84. The van der Waals surface area contributed by atoms with E-state index in [4.69, 9.17) is 0 Å². The first-order chi connectivity index (χ1) is 17.5. The fraction of sp³-hybridized carbons (Fsp3) is 0.464. The standard InChI is InChI=1S/C28H35N5O2S/c1-31-19-28(29-20-31)36(34,35)30-23-12-15-33(18-23)24-10-8-22-9-11-27(32-13-5-14-32)26(25(22)17-24)16-21-6-3-2-4-7-21/h2-4,6-8,10,17,19-20,23,26-27,30H,5,9,11-16,18H2,1H3/t23?,26-,27-/m0/s1. The van der Waals surface area contributed by atoms with Gasteiger partial charge in [-0.3, -0.25) is 4.90 Å². The fourth-order valence-corrected chi connectivity index (χ4v) is 7.43. The highest BCUT2D eigenvalue weighted by Gasteiger charge is 2.36. The van der Waals surface area contributed by atoms with Crippen molar-refractivity contribution in [2.75, 3.05) is 31.1 Å². The molecule has 36 heavy (non-hydrogen) atoms. The number of nitrogens with zero attached hydrogens (tertiary/aromatic N) is 4. The van der Waals surface area contributed by atoms with Gasteiger partial charge in [-0.05, 0) is 74.0 Å². The highest BCUT2D eigenvalue weighted by Crippen LogP contribution is 2.40. The Morgan fingerprint density at radius 3 is 2.61 bits per heavy atom. The zero-order chi connectivity index (χ0) is 24.7. The summed E-state index contributed by atoms with van der Waals surface area (Å²) in [5.41, 5.74) is 5.56. The van der Waals surface area contributed by atoms with E-state index in [1.54, 1.807) is 17.8 Å². The molecule has 3 atom stereocenters. The predicted molar refractivity (Wildman–Crippen MR) is 142 cm³/mol. The van der Waals surface area contributed by atoms with Crippen LogP contribution in [0.15, 0.2) is 66.1 Å². The largest absolute Gasteiger partial charge is 0.370 e. The van der Waals surface area contributed by atoms with Crippen LogP contribution in [0, 0.1) is 0 Å². The lowest BCUT2D eigenvalue weighted by molar-refractivity contribution is 0.0877. The summed E-state index contributed by atoms with van der Waals surface area (Å²) < 4.78 is 30.1. The summed E-state index contributed by atoms with van der Waals surface area (Å²) in [5, 5.41) is 0.0815. The second-order valence-corrected chi connectivity index (χ2v) is 12.3. The van der Waals surface area contributed by atoms with Crippen LogP contribution in [0.2, 0.25) is 0 Å². The molecule has 1 unspecified atom stereocenters. The minimum absolute atomic E-state index is 0.0815. The predicted octanol–water partition coefficient (Wildman–Crippen LogP) is 3.32. The molecule has 6 rings (SSSR count). The minimum atomic E-state index is -3.61. The fourth-order valence-electron chi connectivity index (χ4n) is 6.19. The molecular formula is C28H35N5O2S. The second-order valence-electron chi connectivity index (χ2n) is 10.6. The van der Waals surface area contributed by atoms with Gasteiger partial charge in [-0.2, -0.15) is 0 Å². The summed E-state index contributed by atoms with van der Waals surface area (Å²) in [6.45, 7) is 3.95. The van der Waals surface area contributed by atoms with Crippen molar-refractivity contribution in [2.45, 2.75) is 55.1 Å². The lowest BCUT2D eigenvalue weighted by Gasteiger charge is -2.46. The van der Waals surface area contributed by atoms with Gasteiger partial charge in [0.05, 0.1) is 6.33 Å². The molecule has 3 aliphatic rings. The van der Waals surface area contributed by atoms with Crippen molar-refractivity contribution in [3.05, 3.63) is 77.7 Å². The Morgan fingerprint density at radius 1 is 1.06 bits per heavy atom. The molecule has 0 radical (unpaired) electrons. The summed E-state index contributed by atoms with van der Waals surface area (Å²) in [4.78, 5) is 9.04. The van der Waals surface area contributed by atoms with Gasteiger partial charge in [-0.15, -0.1) is 0 Å². The molecule has 2 aromatic carbocycles. The zero-order valence-electron chi connectivity index (χ0n) is 20.9. The molecular weight excluding hydrogens is 470 g/mol. The average Bonchev–Trinajstić information content (AvgIpc) is 3.49. The number of fused-ring (bicyclic) bond motifs is 1. The Labute approximate surface area is 214 Å². The normalized spacial score (nSPS) is 24.5. The summed E-state index contributed by atoms with van der Waals surface area (Å²) >= 11 is 0. The molecule has 3 heterocycles. The van der Waals surface area contributed by atoms with Crippen LogP contribution in [0.25, 0.3) is 0 Å². The van der Waals surface area contributed by atoms with E-state index in [0.29, 0.717) is 18.5 Å². The maximum atomic E-state index is 12.8. The average molecular weight is 506 g/mol.